The molecule has 2 heterocycles. The fraction of sp³-hybridized carbons (Fsp3) is 0.333. The average molecular weight is 445 g/mol. The summed E-state index contributed by atoms with van der Waals surface area (Å²) in [6.45, 7) is 3.95. The first-order valence-corrected chi connectivity index (χ1v) is 11.0. The second-order valence-corrected chi connectivity index (χ2v) is 8.94. The first-order chi connectivity index (χ1) is 14.4. The van der Waals surface area contributed by atoms with Crippen molar-refractivity contribution in [1.29, 1.82) is 0 Å². The molecule has 2 aromatic heterocycles. The predicted octanol–water partition coefficient (Wildman–Crippen LogP) is 5.04. The number of benzene rings is 1. The molecule has 2 amide bonds. The minimum atomic E-state index is -0.419. The number of amides is 2. The molecule has 1 aliphatic carbocycles. The molecule has 4 rings (SSSR count). The number of aromatic nitrogens is 2. The fourth-order valence-corrected chi connectivity index (χ4v) is 3.76. The summed E-state index contributed by atoms with van der Waals surface area (Å²) in [5.41, 5.74) is 0.742. The van der Waals surface area contributed by atoms with Crippen molar-refractivity contribution in [3.63, 3.8) is 0 Å². The van der Waals surface area contributed by atoms with Crippen molar-refractivity contribution < 1.29 is 14.1 Å². The lowest BCUT2D eigenvalue weighted by Gasteiger charge is -2.19. The molecule has 156 valence electrons. The summed E-state index contributed by atoms with van der Waals surface area (Å²) in [6.07, 6.45) is 2.14. The van der Waals surface area contributed by atoms with Crippen LogP contribution >= 0.6 is 22.9 Å². The number of nitrogens with one attached hydrogen (secondary N) is 2. The smallest absolute Gasteiger partial charge is 0.265 e. The molecular weight excluding hydrogens is 424 g/mol. The van der Waals surface area contributed by atoms with E-state index in [1.807, 2.05) is 19.2 Å². The van der Waals surface area contributed by atoms with E-state index in [0.717, 1.165) is 12.8 Å². The number of carbonyl (C=O) groups is 2. The molecule has 7 nitrogen and oxygen atoms in total. The summed E-state index contributed by atoms with van der Waals surface area (Å²) in [5, 5.41) is 11.9. The molecule has 0 bridgehead atoms. The average Bonchev–Trinajstić information content (AvgIpc) is 3.21. The standard InChI is InChI=1S/C21H21ClN4O3S/c1-11(2)17(21-25-18(26-29-21)12-5-6-12)24-19(27)13-7-8-14(22)15(10-13)23-20(28)16-4-3-9-30-16/h3-4,7-12,17H,5-6H2,1-2H3,(H,23,28)(H,24,27). The largest absolute Gasteiger partial charge is 0.340 e. The van der Waals surface area contributed by atoms with Crippen molar-refractivity contribution in [1.82, 2.24) is 15.5 Å². The SMILES string of the molecule is CC(C)C(NC(=O)c1ccc(Cl)c(NC(=O)c2cccs2)c1)c1nc(C2CC2)no1. The second-order valence-electron chi connectivity index (χ2n) is 7.59. The summed E-state index contributed by atoms with van der Waals surface area (Å²) >= 11 is 7.55. The Morgan fingerprint density at radius 3 is 2.70 bits per heavy atom. The summed E-state index contributed by atoms with van der Waals surface area (Å²) in [7, 11) is 0. The van der Waals surface area contributed by atoms with Gasteiger partial charge in [-0.25, -0.2) is 0 Å². The Balaban J connectivity index is 1.50. The summed E-state index contributed by atoms with van der Waals surface area (Å²) < 4.78 is 5.41. The van der Waals surface area contributed by atoms with Crippen LogP contribution in [-0.4, -0.2) is 22.0 Å². The van der Waals surface area contributed by atoms with Gasteiger partial charge in [-0.2, -0.15) is 4.98 Å². The van der Waals surface area contributed by atoms with E-state index in [2.05, 4.69) is 20.8 Å². The minimum Gasteiger partial charge on any atom is -0.340 e. The van der Waals surface area contributed by atoms with Crippen LogP contribution in [0.5, 0.6) is 0 Å². The molecule has 30 heavy (non-hydrogen) atoms. The van der Waals surface area contributed by atoms with Gasteiger partial charge in [0.25, 0.3) is 11.8 Å². The van der Waals surface area contributed by atoms with E-state index in [1.54, 1.807) is 30.3 Å². The van der Waals surface area contributed by atoms with Crippen LogP contribution in [0, 0.1) is 5.92 Å². The van der Waals surface area contributed by atoms with Crippen LogP contribution in [0.3, 0.4) is 0 Å². The number of hydrogen-bond donors (Lipinski definition) is 2. The van der Waals surface area contributed by atoms with Crippen molar-refractivity contribution in [3.8, 4) is 0 Å². The van der Waals surface area contributed by atoms with Crippen molar-refractivity contribution in [2.75, 3.05) is 5.32 Å². The molecule has 0 radical (unpaired) electrons. The van der Waals surface area contributed by atoms with E-state index < -0.39 is 6.04 Å². The Kier molecular flexibility index (Phi) is 5.87. The van der Waals surface area contributed by atoms with Gasteiger partial charge in [0, 0.05) is 11.5 Å². The number of thiophene rings is 1. The molecular formula is C21H21ClN4O3S. The summed E-state index contributed by atoms with van der Waals surface area (Å²) in [6, 6.07) is 7.85. The van der Waals surface area contributed by atoms with Crippen molar-refractivity contribution >= 4 is 40.4 Å². The number of carbonyl (C=O) groups excluding carboxylic acids is 2. The van der Waals surface area contributed by atoms with Crippen LogP contribution in [0.4, 0.5) is 5.69 Å². The molecule has 1 fully saturated rings. The lowest BCUT2D eigenvalue weighted by molar-refractivity contribution is 0.0913. The van der Waals surface area contributed by atoms with Crippen LogP contribution in [-0.2, 0) is 0 Å². The quantitative estimate of drug-likeness (QED) is 0.532. The molecule has 1 atom stereocenters. The predicted molar refractivity (Wildman–Crippen MR) is 115 cm³/mol. The van der Waals surface area contributed by atoms with E-state index in [9.17, 15) is 9.59 Å². The van der Waals surface area contributed by atoms with Gasteiger partial charge in [-0.3, -0.25) is 9.59 Å². The Morgan fingerprint density at radius 2 is 2.03 bits per heavy atom. The van der Waals surface area contributed by atoms with Crippen LogP contribution in [0.1, 0.15) is 70.4 Å². The van der Waals surface area contributed by atoms with Crippen LogP contribution in [0.15, 0.2) is 40.2 Å². The lowest BCUT2D eigenvalue weighted by atomic mass is 10.0. The zero-order valence-electron chi connectivity index (χ0n) is 16.5. The van der Waals surface area contributed by atoms with Gasteiger partial charge >= 0.3 is 0 Å². The Bertz CT molecular complexity index is 1060. The number of nitrogens with zero attached hydrogens (tertiary/aromatic N) is 2. The Hall–Kier alpha value is -2.71. The third-order valence-corrected chi connectivity index (χ3v) is 6.04. The van der Waals surface area contributed by atoms with Crippen LogP contribution in [0.25, 0.3) is 0 Å². The molecule has 0 saturated heterocycles. The fourth-order valence-electron chi connectivity index (χ4n) is 2.97. The van der Waals surface area contributed by atoms with E-state index >= 15 is 0 Å². The first kappa shape index (κ1) is 20.6. The summed E-state index contributed by atoms with van der Waals surface area (Å²) in [5.74, 6) is 0.935. The maximum absolute atomic E-state index is 12.9. The third-order valence-electron chi connectivity index (χ3n) is 4.84. The lowest BCUT2D eigenvalue weighted by Crippen LogP contribution is -2.32. The molecule has 0 aliphatic heterocycles. The molecule has 1 unspecified atom stereocenters. The molecule has 1 aliphatic rings. The Morgan fingerprint density at radius 1 is 1.23 bits per heavy atom. The highest BCUT2D eigenvalue weighted by Crippen LogP contribution is 2.38. The van der Waals surface area contributed by atoms with Gasteiger partial charge in [0.15, 0.2) is 5.82 Å². The third kappa shape index (κ3) is 4.55. The molecule has 1 aromatic carbocycles. The minimum absolute atomic E-state index is 0.0479. The van der Waals surface area contributed by atoms with Crippen molar-refractivity contribution in [2.24, 2.45) is 5.92 Å². The maximum Gasteiger partial charge on any atom is 0.265 e. The highest BCUT2D eigenvalue weighted by atomic mass is 35.5. The van der Waals surface area contributed by atoms with Crippen molar-refractivity contribution in [2.45, 2.75) is 38.6 Å². The van der Waals surface area contributed by atoms with Gasteiger partial charge < -0.3 is 15.2 Å². The maximum atomic E-state index is 12.9. The number of anilines is 1. The van der Waals surface area contributed by atoms with E-state index in [-0.39, 0.29) is 17.7 Å². The number of hydrogen-bond acceptors (Lipinski definition) is 6. The molecule has 1 saturated carbocycles. The van der Waals surface area contributed by atoms with Crippen molar-refractivity contribution in [3.05, 3.63) is 62.9 Å². The van der Waals surface area contributed by atoms with Crippen LogP contribution in [0.2, 0.25) is 5.02 Å². The summed E-state index contributed by atoms with van der Waals surface area (Å²) in [4.78, 5) is 30.3. The molecule has 2 N–H and O–H groups in total. The van der Waals surface area contributed by atoms with Gasteiger partial charge in [0.2, 0.25) is 5.89 Å². The second kappa shape index (κ2) is 8.57. The van der Waals surface area contributed by atoms with E-state index in [0.29, 0.717) is 38.8 Å². The van der Waals surface area contributed by atoms with Gasteiger partial charge in [0.05, 0.1) is 15.6 Å². The van der Waals surface area contributed by atoms with Gasteiger partial charge in [0.1, 0.15) is 6.04 Å². The molecule has 0 spiro atoms. The number of halogens is 1. The van der Waals surface area contributed by atoms with E-state index in [4.69, 9.17) is 16.1 Å². The zero-order valence-corrected chi connectivity index (χ0v) is 18.1. The monoisotopic (exact) mass is 444 g/mol. The highest BCUT2D eigenvalue weighted by molar-refractivity contribution is 7.12. The Labute approximate surface area is 182 Å². The topological polar surface area (TPSA) is 97.1 Å². The van der Waals surface area contributed by atoms with Gasteiger partial charge in [-0.1, -0.05) is 36.7 Å². The normalized spacial score (nSPS) is 14.5. The molecule has 3 aromatic rings. The number of rotatable bonds is 7. The molecule has 9 heteroatoms. The highest BCUT2D eigenvalue weighted by Gasteiger charge is 2.31. The zero-order chi connectivity index (χ0) is 21.3. The van der Waals surface area contributed by atoms with Gasteiger partial charge in [-0.15, -0.1) is 11.3 Å². The van der Waals surface area contributed by atoms with Crippen LogP contribution < -0.4 is 10.6 Å². The first-order valence-electron chi connectivity index (χ1n) is 9.71. The van der Waals surface area contributed by atoms with E-state index in [1.165, 1.54) is 11.3 Å². The van der Waals surface area contributed by atoms with Gasteiger partial charge in [-0.05, 0) is 48.4 Å².